The third kappa shape index (κ3) is 3.60. The van der Waals surface area contributed by atoms with Crippen molar-refractivity contribution in [2.45, 2.75) is 57.8 Å². The molecule has 5 aliphatic carbocycles. The molecule has 34 heavy (non-hydrogen) atoms. The first-order valence-electron chi connectivity index (χ1n) is 12.3. The maximum absolute atomic E-state index is 2.55. The predicted octanol–water partition coefficient (Wildman–Crippen LogP) is 2.47. The van der Waals surface area contributed by atoms with Gasteiger partial charge in [0.15, 0.2) is 0 Å². The molecule has 3 aromatic carbocycles. The second-order valence-electron chi connectivity index (χ2n) is 11.0. The average molecular weight is 566 g/mol. The fourth-order valence-corrected chi connectivity index (χ4v) is 8.47. The Balaban J connectivity index is 0.000000913. The van der Waals surface area contributed by atoms with Crippen LogP contribution in [0.4, 0.5) is 0 Å². The van der Waals surface area contributed by atoms with Crippen molar-refractivity contribution in [2.24, 2.45) is 17.8 Å². The van der Waals surface area contributed by atoms with Gasteiger partial charge < -0.3 is 24.8 Å². The molecule has 8 rings (SSSR count). The normalized spacial score (nSPS) is 28.5. The van der Waals surface area contributed by atoms with E-state index < -0.39 is 0 Å². The number of benzene rings is 2. The number of hydrogen-bond acceptors (Lipinski definition) is 0. The Hall–Kier alpha value is -1.01. The van der Waals surface area contributed by atoms with Crippen LogP contribution >= 0.6 is 0 Å². The van der Waals surface area contributed by atoms with Crippen LogP contribution in [-0.2, 0) is 31.6 Å². The molecule has 2 unspecified atom stereocenters. The molecule has 0 nitrogen and oxygen atoms in total. The Kier molecular flexibility index (Phi) is 7.25. The minimum atomic E-state index is 0. The van der Waals surface area contributed by atoms with Gasteiger partial charge in [0.25, 0.3) is 0 Å². The SMILES string of the molecule is CC(C)=C1C2CC3CC(C2)CC1(c1ccc2c([cH-]c4ccccc42)c1C1=CC=CC1)C3.[Cl-].[Cl-].[Zr+3]. The molecule has 3 aromatic rings. The van der Waals surface area contributed by atoms with Crippen LogP contribution in [0.5, 0.6) is 0 Å². The molecule has 0 saturated heterocycles. The molecule has 0 N–H and O–H groups in total. The Labute approximate surface area is 235 Å². The predicted molar refractivity (Wildman–Crippen MR) is 132 cm³/mol. The summed E-state index contributed by atoms with van der Waals surface area (Å²) in [5.74, 6) is 2.69. The van der Waals surface area contributed by atoms with E-state index in [1.165, 1.54) is 59.2 Å². The van der Waals surface area contributed by atoms with E-state index in [4.69, 9.17) is 0 Å². The van der Waals surface area contributed by atoms with Crippen molar-refractivity contribution in [3.05, 3.63) is 83.0 Å². The zero-order chi connectivity index (χ0) is 20.7. The van der Waals surface area contributed by atoms with E-state index in [2.05, 4.69) is 74.5 Å². The molecule has 0 aliphatic heterocycles. The molecule has 4 saturated carbocycles. The monoisotopic (exact) mass is 563 g/mol. The third-order valence-electron chi connectivity index (χ3n) is 9.04. The molecule has 0 amide bonds. The van der Waals surface area contributed by atoms with E-state index in [9.17, 15) is 0 Å². The van der Waals surface area contributed by atoms with Crippen LogP contribution in [-0.4, -0.2) is 0 Å². The molecule has 1 radical (unpaired) electrons. The molecule has 0 spiro atoms. The first kappa shape index (κ1) is 26.1. The average Bonchev–Trinajstić information content (AvgIpc) is 3.40. The molecular formula is C31H31Cl2Zr. The van der Waals surface area contributed by atoms with Crippen LogP contribution in [0.15, 0.2) is 71.8 Å². The molecule has 4 fully saturated rings. The van der Waals surface area contributed by atoms with Crippen LogP contribution in [0.3, 0.4) is 0 Å². The van der Waals surface area contributed by atoms with Crippen molar-refractivity contribution in [1.82, 2.24) is 0 Å². The maximum atomic E-state index is 2.55. The zero-order valence-corrected chi connectivity index (χ0v) is 24.0. The van der Waals surface area contributed by atoms with Gasteiger partial charge in [-0.15, -0.1) is 33.7 Å². The zero-order valence-electron chi connectivity index (χ0n) is 20.0. The summed E-state index contributed by atoms with van der Waals surface area (Å²) in [6, 6.07) is 16.4. The summed E-state index contributed by atoms with van der Waals surface area (Å²) in [4.78, 5) is 0. The number of rotatable bonds is 2. The third-order valence-corrected chi connectivity index (χ3v) is 9.04. The van der Waals surface area contributed by atoms with E-state index >= 15 is 0 Å². The summed E-state index contributed by atoms with van der Waals surface area (Å²) < 4.78 is 0. The topological polar surface area (TPSA) is 0 Å². The van der Waals surface area contributed by atoms with Crippen molar-refractivity contribution in [3.8, 4) is 0 Å². The molecule has 2 atom stereocenters. The van der Waals surface area contributed by atoms with Crippen LogP contribution in [0.2, 0.25) is 0 Å². The first-order valence-corrected chi connectivity index (χ1v) is 12.3. The molecule has 0 heterocycles. The number of fused-ring (bicyclic) bond motifs is 3. The van der Waals surface area contributed by atoms with Crippen molar-refractivity contribution < 1.29 is 51.0 Å². The summed E-state index contributed by atoms with van der Waals surface area (Å²) in [7, 11) is 0. The largest absolute Gasteiger partial charge is 3.00 e. The molecule has 5 aliphatic rings. The second kappa shape index (κ2) is 9.46. The fourth-order valence-electron chi connectivity index (χ4n) is 8.47. The van der Waals surface area contributed by atoms with Gasteiger partial charge in [0, 0.05) is 5.41 Å². The van der Waals surface area contributed by atoms with Gasteiger partial charge >= 0.3 is 26.2 Å². The van der Waals surface area contributed by atoms with Crippen LogP contribution < -0.4 is 24.8 Å². The van der Waals surface area contributed by atoms with Gasteiger partial charge in [-0.25, -0.2) is 0 Å². The molecular weight excluding hydrogens is 534 g/mol. The van der Waals surface area contributed by atoms with Gasteiger partial charge in [0.1, 0.15) is 0 Å². The van der Waals surface area contributed by atoms with Gasteiger partial charge in [-0.3, -0.25) is 0 Å². The van der Waals surface area contributed by atoms with E-state index in [0.29, 0.717) is 0 Å². The quantitative estimate of drug-likeness (QED) is 0.331. The van der Waals surface area contributed by atoms with Gasteiger partial charge in [-0.2, -0.15) is 0 Å². The Morgan fingerprint density at radius 3 is 2.32 bits per heavy atom. The molecule has 3 heteroatoms. The summed E-state index contributed by atoms with van der Waals surface area (Å²) in [5, 5.41) is 5.71. The standard InChI is InChI=1S/C31H31.2ClH.Zr/c1-19(2)30-24-14-20-13-21(15-24)18-31(30,17-20)28-12-11-26-25-10-6-5-9-23(25)16-27(26)29(28)22-7-3-4-8-22;;;/h3-7,9-12,16,20-21,24H,8,13-15,17-18H2,1-2H3;2*1H;/q-1;;;+3/p-2. The van der Waals surface area contributed by atoms with Crippen molar-refractivity contribution in [2.75, 3.05) is 0 Å². The molecule has 4 bridgehead atoms. The fraction of sp³-hybridized carbons (Fsp3) is 0.387. The van der Waals surface area contributed by atoms with Crippen molar-refractivity contribution >= 4 is 27.1 Å². The van der Waals surface area contributed by atoms with Gasteiger partial charge in [-0.05, 0) is 70.1 Å². The summed E-state index contributed by atoms with van der Waals surface area (Å²) in [6.45, 7) is 4.79. The van der Waals surface area contributed by atoms with Crippen LogP contribution in [0, 0.1) is 17.8 Å². The Bertz CT molecular complexity index is 1320. The minimum absolute atomic E-state index is 0. The second-order valence-corrected chi connectivity index (χ2v) is 11.0. The van der Waals surface area contributed by atoms with Crippen LogP contribution in [0.25, 0.3) is 27.1 Å². The summed E-state index contributed by atoms with van der Waals surface area (Å²) >= 11 is 0. The summed E-state index contributed by atoms with van der Waals surface area (Å²) in [5.41, 5.74) is 8.44. The Morgan fingerprint density at radius 1 is 0.912 bits per heavy atom. The van der Waals surface area contributed by atoms with E-state index in [1.807, 2.05) is 5.57 Å². The van der Waals surface area contributed by atoms with E-state index in [-0.39, 0.29) is 56.4 Å². The molecule has 0 aromatic heterocycles. The van der Waals surface area contributed by atoms with Crippen molar-refractivity contribution in [1.29, 1.82) is 0 Å². The van der Waals surface area contributed by atoms with Crippen LogP contribution in [0.1, 0.15) is 63.5 Å². The molecule has 173 valence electrons. The number of allylic oxidation sites excluding steroid dienone is 6. The minimum Gasteiger partial charge on any atom is -1.00 e. The van der Waals surface area contributed by atoms with Gasteiger partial charge in [0.2, 0.25) is 0 Å². The number of halogens is 2. The van der Waals surface area contributed by atoms with E-state index in [1.54, 1.807) is 16.7 Å². The smallest absolute Gasteiger partial charge is 1.00 e. The van der Waals surface area contributed by atoms with Crippen molar-refractivity contribution in [3.63, 3.8) is 0 Å². The first-order chi connectivity index (χ1) is 15.1. The Morgan fingerprint density at radius 2 is 1.65 bits per heavy atom. The van der Waals surface area contributed by atoms with Gasteiger partial charge in [-0.1, -0.05) is 76.4 Å². The van der Waals surface area contributed by atoms with Gasteiger partial charge in [0.05, 0.1) is 0 Å². The maximum Gasteiger partial charge on any atom is 3.00 e. The van der Waals surface area contributed by atoms with E-state index in [0.717, 1.165) is 24.2 Å². The summed E-state index contributed by atoms with van der Waals surface area (Å²) in [6.07, 6.45) is 15.2. The number of hydrogen-bond donors (Lipinski definition) is 0.